The number of rotatable bonds is 8. The summed E-state index contributed by atoms with van der Waals surface area (Å²) in [6.45, 7) is 7.92. The molecule has 1 heterocycles. The molecule has 0 aliphatic carbocycles. The van der Waals surface area contributed by atoms with Gasteiger partial charge in [-0.2, -0.15) is 0 Å². The highest BCUT2D eigenvalue weighted by Gasteiger charge is 2.16. The molecular formula is C18H20N2O4S. The number of hydrogen-bond acceptors (Lipinski definition) is 5. The molecule has 2 amide bonds. The van der Waals surface area contributed by atoms with Gasteiger partial charge in [0.25, 0.3) is 5.91 Å². The van der Waals surface area contributed by atoms with Crippen LogP contribution in [0.3, 0.4) is 0 Å². The molecule has 2 N–H and O–H groups in total. The highest BCUT2D eigenvalue weighted by molar-refractivity contribution is 7.12. The molecule has 1 aromatic carbocycles. The van der Waals surface area contributed by atoms with Crippen LogP contribution in [0, 0.1) is 0 Å². The fourth-order valence-corrected chi connectivity index (χ4v) is 2.70. The Morgan fingerprint density at radius 2 is 1.72 bits per heavy atom. The zero-order valence-electron chi connectivity index (χ0n) is 14.1. The quantitative estimate of drug-likeness (QED) is 0.700. The monoisotopic (exact) mass is 360 g/mol. The van der Waals surface area contributed by atoms with Gasteiger partial charge < -0.3 is 20.1 Å². The third-order valence-corrected chi connectivity index (χ3v) is 3.99. The fraction of sp³-hybridized carbons (Fsp3) is 0.222. The van der Waals surface area contributed by atoms with E-state index in [1.54, 1.807) is 18.2 Å². The zero-order valence-corrected chi connectivity index (χ0v) is 14.9. The van der Waals surface area contributed by atoms with Crippen molar-refractivity contribution in [2.45, 2.75) is 13.8 Å². The molecular weight excluding hydrogens is 340 g/mol. The first-order valence-electron chi connectivity index (χ1n) is 7.80. The Balaban J connectivity index is 2.39. The van der Waals surface area contributed by atoms with Crippen LogP contribution in [0.15, 0.2) is 42.3 Å². The van der Waals surface area contributed by atoms with Crippen LogP contribution in [0.2, 0.25) is 0 Å². The van der Waals surface area contributed by atoms with E-state index in [1.165, 1.54) is 17.4 Å². The van der Waals surface area contributed by atoms with E-state index in [0.29, 0.717) is 41.0 Å². The van der Waals surface area contributed by atoms with E-state index in [9.17, 15) is 9.59 Å². The van der Waals surface area contributed by atoms with Crippen molar-refractivity contribution in [2.75, 3.05) is 23.8 Å². The van der Waals surface area contributed by atoms with E-state index in [-0.39, 0.29) is 11.8 Å². The number of amides is 2. The lowest BCUT2D eigenvalue weighted by Gasteiger charge is -2.17. The molecule has 132 valence electrons. The smallest absolute Gasteiger partial charge is 0.265 e. The SMILES string of the molecule is C=CC(=O)Nc1cc(OCC)c(NC(=O)c2cccs2)cc1OCC. The third-order valence-electron chi connectivity index (χ3n) is 3.12. The second kappa shape index (κ2) is 8.89. The number of carbonyl (C=O) groups is 2. The van der Waals surface area contributed by atoms with Gasteiger partial charge in [0, 0.05) is 12.1 Å². The summed E-state index contributed by atoms with van der Waals surface area (Å²) in [5.74, 6) is 0.276. The van der Waals surface area contributed by atoms with Crippen LogP contribution >= 0.6 is 11.3 Å². The Hall–Kier alpha value is -2.80. The van der Waals surface area contributed by atoms with Gasteiger partial charge in [0.2, 0.25) is 5.91 Å². The molecule has 0 unspecified atom stereocenters. The summed E-state index contributed by atoms with van der Waals surface area (Å²) in [5, 5.41) is 7.34. The predicted octanol–water partition coefficient (Wildman–Crippen LogP) is 3.92. The Morgan fingerprint density at radius 1 is 1.12 bits per heavy atom. The van der Waals surface area contributed by atoms with Crippen LogP contribution in [-0.4, -0.2) is 25.0 Å². The van der Waals surface area contributed by atoms with Crippen LogP contribution in [-0.2, 0) is 4.79 Å². The van der Waals surface area contributed by atoms with Gasteiger partial charge in [-0.15, -0.1) is 11.3 Å². The first kappa shape index (κ1) is 18.5. The Morgan fingerprint density at radius 3 is 2.20 bits per heavy atom. The first-order valence-corrected chi connectivity index (χ1v) is 8.68. The molecule has 7 heteroatoms. The zero-order chi connectivity index (χ0) is 18.2. The van der Waals surface area contributed by atoms with Crippen molar-refractivity contribution >= 4 is 34.5 Å². The molecule has 0 bridgehead atoms. The molecule has 0 atom stereocenters. The van der Waals surface area contributed by atoms with E-state index in [1.807, 2.05) is 25.3 Å². The van der Waals surface area contributed by atoms with Gasteiger partial charge in [-0.1, -0.05) is 12.6 Å². The summed E-state index contributed by atoms with van der Waals surface area (Å²) in [6.07, 6.45) is 1.17. The van der Waals surface area contributed by atoms with E-state index in [2.05, 4.69) is 17.2 Å². The number of ether oxygens (including phenoxy) is 2. The van der Waals surface area contributed by atoms with Crippen molar-refractivity contribution in [3.8, 4) is 11.5 Å². The topological polar surface area (TPSA) is 76.7 Å². The van der Waals surface area contributed by atoms with E-state index < -0.39 is 0 Å². The summed E-state index contributed by atoms with van der Waals surface area (Å²) in [6, 6.07) is 6.81. The van der Waals surface area contributed by atoms with Crippen LogP contribution in [0.25, 0.3) is 0 Å². The van der Waals surface area contributed by atoms with Gasteiger partial charge in [0.15, 0.2) is 0 Å². The van der Waals surface area contributed by atoms with Crippen molar-refractivity contribution in [2.24, 2.45) is 0 Å². The molecule has 25 heavy (non-hydrogen) atoms. The van der Waals surface area contributed by atoms with Crippen molar-refractivity contribution in [3.63, 3.8) is 0 Å². The molecule has 0 aliphatic rings. The van der Waals surface area contributed by atoms with Gasteiger partial charge in [0.1, 0.15) is 11.5 Å². The second-order valence-electron chi connectivity index (χ2n) is 4.84. The molecule has 0 fully saturated rings. The van der Waals surface area contributed by atoms with Crippen molar-refractivity contribution < 1.29 is 19.1 Å². The Labute approximate surface area is 150 Å². The maximum absolute atomic E-state index is 12.3. The van der Waals surface area contributed by atoms with Gasteiger partial charge in [-0.25, -0.2) is 0 Å². The maximum Gasteiger partial charge on any atom is 0.265 e. The summed E-state index contributed by atoms with van der Waals surface area (Å²) < 4.78 is 11.2. The van der Waals surface area contributed by atoms with Crippen molar-refractivity contribution in [3.05, 3.63) is 47.2 Å². The molecule has 6 nitrogen and oxygen atoms in total. The van der Waals surface area contributed by atoms with Crippen LogP contribution in [0.4, 0.5) is 11.4 Å². The molecule has 0 aliphatic heterocycles. The number of nitrogens with one attached hydrogen (secondary N) is 2. The number of benzene rings is 1. The average Bonchev–Trinajstić information content (AvgIpc) is 3.13. The van der Waals surface area contributed by atoms with Gasteiger partial charge >= 0.3 is 0 Å². The molecule has 0 spiro atoms. The van der Waals surface area contributed by atoms with Crippen LogP contribution in [0.5, 0.6) is 11.5 Å². The largest absolute Gasteiger partial charge is 0.492 e. The Bertz CT molecular complexity index is 757. The second-order valence-corrected chi connectivity index (χ2v) is 5.78. The minimum Gasteiger partial charge on any atom is -0.492 e. The molecule has 2 rings (SSSR count). The number of anilines is 2. The lowest BCUT2D eigenvalue weighted by molar-refractivity contribution is -0.111. The average molecular weight is 360 g/mol. The summed E-state index contributed by atoms with van der Waals surface area (Å²) in [7, 11) is 0. The third kappa shape index (κ3) is 4.84. The standard InChI is InChI=1S/C18H20N2O4S/c1-4-17(21)19-12-10-15(24-6-3)13(11-14(12)23-5-2)20-18(22)16-8-7-9-25-16/h4,7-11H,1,5-6H2,2-3H3,(H,19,21)(H,20,22). The summed E-state index contributed by atoms with van der Waals surface area (Å²) in [4.78, 5) is 24.5. The highest BCUT2D eigenvalue weighted by Crippen LogP contribution is 2.37. The van der Waals surface area contributed by atoms with Crippen molar-refractivity contribution in [1.29, 1.82) is 0 Å². The summed E-state index contributed by atoms with van der Waals surface area (Å²) in [5.41, 5.74) is 0.921. The highest BCUT2D eigenvalue weighted by atomic mass is 32.1. The lowest BCUT2D eigenvalue weighted by Crippen LogP contribution is -2.14. The maximum atomic E-state index is 12.3. The number of hydrogen-bond donors (Lipinski definition) is 2. The number of thiophene rings is 1. The van der Waals surface area contributed by atoms with E-state index in [4.69, 9.17) is 9.47 Å². The lowest BCUT2D eigenvalue weighted by atomic mass is 10.2. The van der Waals surface area contributed by atoms with E-state index >= 15 is 0 Å². The molecule has 0 saturated heterocycles. The van der Waals surface area contributed by atoms with Crippen molar-refractivity contribution in [1.82, 2.24) is 0 Å². The normalized spacial score (nSPS) is 10.0. The van der Waals surface area contributed by atoms with Gasteiger partial charge in [-0.05, 0) is 31.4 Å². The van der Waals surface area contributed by atoms with Crippen LogP contribution < -0.4 is 20.1 Å². The fourth-order valence-electron chi connectivity index (χ4n) is 2.08. The Kier molecular flexibility index (Phi) is 6.59. The predicted molar refractivity (Wildman–Crippen MR) is 99.9 cm³/mol. The minimum absolute atomic E-state index is 0.235. The molecule has 0 saturated carbocycles. The molecule has 2 aromatic rings. The van der Waals surface area contributed by atoms with Crippen LogP contribution in [0.1, 0.15) is 23.5 Å². The number of carbonyl (C=O) groups excluding carboxylic acids is 2. The minimum atomic E-state index is -0.362. The molecule has 1 aromatic heterocycles. The first-order chi connectivity index (χ1) is 12.1. The summed E-state index contributed by atoms with van der Waals surface area (Å²) >= 11 is 1.35. The van der Waals surface area contributed by atoms with Gasteiger partial charge in [0.05, 0.1) is 29.5 Å². The molecule has 0 radical (unpaired) electrons. The van der Waals surface area contributed by atoms with E-state index in [0.717, 1.165) is 0 Å². The van der Waals surface area contributed by atoms with Gasteiger partial charge in [-0.3, -0.25) is 9.59 Å².